The number of rotatable bonds is 10. The summed E-state index contributed by atoms with van der Waals surface area (Å²) in [6, 6.07) is 0.747. The van der Waals surface area contributed by atoms with Crippen molar-refractivity contribution in [2.24, 2.45) is 10.8 Å². The van der Waals surface area contributed by atoms with Gasteiger partial charge >= 0.3 is 18.0 Å². The molecule has 276 valence electrons. The molecule has 4 aliphatic heterocycles. The topological polar surface area (TPSA) is 151 Å². The van der Waals surface area contributed by atoms with Crippen LogP contribution in [0.25, 0.3) is 0 Å². The zero-order chi connectivity index (χ0) is 34.7. The number of fused-ring (bicyclic) bond motifs is 6. The molecule has 4 atom stereocenters. The minimum Gasteiger partial charge on any atom is -0.460 e. The van der Waals surface area contributed by atoms with E-state index in [9.17, 15) is 14.4 Å². The van der Waals surface area contributed by atoms with Gasteiger partial charge in [0.15, 0.2) is 0 Å². The Morgan fingerprint density at radius 2 is 1.24 bits per heavy atom. The maximum absolute atomic E-state index is 12.6. The maximum Gasteiger partial charge on any atom is 0.320 e. The average Bonchev–Trinajstić information content (AvgIpc) is 3.78. The summed E-state index contributed by atoms with van der Waals surface area (Å²) in [4.78, 5) is 44.4. The third-order valence-electron chi connectivity index (χ3n) is 11.6. The van der Waals surface area contributed by atoms with Gasteiger partial charge in [-0.15, -0.1) is 20.4 Å². The van der Waals surface area contributed by atoms with E-state index in [4.69, 9.17) is 13.6 Å². The van der Waals surface area contributed by atoms with E-state index in [2.05, 4.69) is 27.3 Å². The number of esters is 1. The Hall–Kier alpha value is -3.78. The van der Waals surface area contributed by atoms with Crippen LogP contribution in [-0.2, 0) is 22.4 Å². The molecule has 4 saturated heterocycles. The van der Waals surface area contributed by atoms with Gasteiger partial charge in [-0.1, -0.05) is 13.3 Å². The molecule has 0 N–H and O–H groups in total. The van der Waals surface area contributed by atoms with Crippen molar-refractivity contribution in [3.8, 4) is 0 Å². The molecule has 15 heteroatoms. The summed E-state index contributed by atoms with van der Waals surface area (Å²) in [5.41, 5.74) is 0.0989. The number of hydrogen-bond donors (Lipinski definition) is 0. The molecule has 0 radical (unpaired) electrons. The van der Waals surface area contributed by atoms with Crippen molar-refractivity contribution in [2.45, 2.75) is 141 Å². The number of unbranched alkanes of at least 4 members (excludes halogenated alkanes) is 2. The van der Waals surface area contributed by atoms with Crippen LogP contribution in [0, 0.1) is 10.8 Å². The number of hydrogen-bond acceptors (Lipinski definition) is 10. The van der Waals surface area contributed by atoms with E-state index in [1.807, 2.05) is 54.5 Å². The first-order chi connectivity index (χ1) is 23.3. The Balaban J connectivity index is 0.000000176. The number of piperidine rings is 2. The fourth-order valence-corrected chi connectivity index (χ4v) is 8.55. The molecule has 6 aliphatic rings. The Morgan fingerprint density at radius 1 is 0.780 bits per heavy atom. The van der Waals surface area contributed by atoms with Gasteiger partial charge in [0.2, 0.25) is 23.6 Å². The quantitative estimate of drug-likeness (QED) is 0.226. The normalized spacial score (nSPS) is 26.7. The number of aryl methyl sites for hydroxylation is 2. The third kappa shape index (κ3) is 6.80. The van der Waals surface area contributed by atoms with E-state index in [1.54, 1.807) is 0 Å². The highest BCUT2D eigenvalue weighted by molar-refractivity contribution is 5.79. The van der Waals surface area contributed by atoms with E-state index in [-0.39, 0.29) is 40.2 Å². The first-order valence-electron chi connectivity index (χ1n) is 18.3. The third-order valence-corrected chi connectivity index (χ3v) is 11.6. The highest BCUT2D eigenvalue weighted by Crippen LogP contribution is 2.62. The van der Waals surface area contributed by atoms with Crippen LogP contribution < -0.4 is 0 Å². The molecule has 2 saturated carbocycles. The van der Waals surface area contributed by atoms with Gasteiger partial charge in [0.05, 0.1) is 12.1 Å². The largest absolute Gasteiger partial charge is 0.460 e. The number of carbonyl (C=O) groups is 3. The molecule has 0 aromatic carbocycles. The van der Waals surface area contributed by atoms with Gasteiger partial charge in [-0.05, 0) is 89.4 Å². The lowest BCUT2D eigenvalue weighted by Crippen LogP contribution is -2.41. The number of carbonyl (C=O) groups excluding carboxylic acids is 3. The minimum atomic E-state index is -0.447. The lowest BCUT2D eigenvalue weighted by molar-refractivity contribution is -0.154. The number of ether oxygens (including phenoxy) is 1. The number of likely N-dealkylation sites (N-methyl/N-ethyl adjacent to an activating group) is 2. The maximum atomic E-state index is 12.6. The van der Waals surface area contributed by atoms with E-state index in [0.717, 1.165) is 58.0 Å². The molecule has 6 fully saturated rings. The van der Waals surface area contributed by atoms with Crippen LogP contribution in [0.1, 0.15) is 134 Å². The second-order valence-electron chi connectivity index (χ2n) is 16.3. The molecule has 0 unspecified atom stereocenters. The zero-order valence-electron chi connectivity index (χ0n) is 30.4. The summed E-state index contributed by atoms with van der Waals surface area (Å²) in [5, 5.41) is 16.8. The summed E-state index contributed by atoms with van der Waals surface area (Å²) in [6.07, 6.45) is 12.2. The molecule has 2 spiro atoms. The van der Waals surface area contributed by atoms with E-state index in [1.165, 1.54) is 25.7 Å². The first kappa shape index (κ1) is 36.0. The summed E-state index contributed by atoms with van der Waals surface area (Å²) in [6.45, 7) is 9.32. The van der Waals surface area contributed by atoms with Gasteiger partial charge in [-0.3, -0.25) is 9.50 Å². The molecular formula is C35H53FN8O6. The standard InChI is InChI=1S/C20H30N4O4.C15H22N4O2.FH/c1-19(2,3)28-16(25)8-6-5-7-15-21-22-17(27-15)13-11-20(9-10-20)14-12-24(13)18(26)23(14)4;1-3-4-5-12-16-17-13(21-12)10-8-15(6-7-15)11-9-19(10)14(20)18(11)2;/h13-14H,5-12H2,1-4H3;10-11H,3-9H2,1-2H3;1H/t13-,14-;10-,11-;/m00./s1. The predicted octanol–water partition coefficient (Wildman–Crippen LogP) is 5.61. The van der Waals surface area contributed by atoms with Crippen molar-refractivity contribution < 1.29 is 32.7 Å². The predicted molar refractivity (Wildman–Crippen MR) is 178 cm³/mol. The second-order valence-corrected chi connectivity index (χ2v) is 16.3. The molecule has 14 nitrogen and oxygen atoms in total. The number of amides is 4. The van der Waals surface area contributed by atoms with Crippen LogP contribution >= 0.6 is 0 Å². The zero-order valence-corrected chi connectivity index (χ0v) is 30.4. The average molecular weight is 701 g/mol. The van der Waals surface area contributed by atoms with Gasteiger partial charge in [-0.25, -0.2) is 9.59 Å². The fraction of sp³-hybridized carbons (Fsp3) is 0.800. The highest BCUT2D eigenvalue weighted by atomic mass is 19.0. The van der Waals surface area contributed by atoms with E-state index >= 15 is 0 Å². The van der Waals surface area contributed by atoms with Gasteiger partial charge < -0.3 is 33.2 Å². The number of nitrogens with zero attached hydrogens (tertiary/aromatic N) is 8. The molecule has 4 bridgehead atoms. The summed E-state index contributed by atoms with van der Waals surface area (Å²) in [5.74, 6) is 2.29. The fourth-order valence-electron chi connectivity index (χ4n) is 8.55. The Morgan fingerprint density at radius 3 is 1.66 bits per heavy atom. The molecule has 50 heavy (non-hydrogen) atoms. The summed E-state index contributed by atoms with van der Waals surface area (Å²) in [7, 11) is 3.83. The number of urea groups is 2. The van der Waals surface area contributed by atoms with Crippen LogP contribution in [0.15, 0.2) is 8.83 Å². The summed E-state index contributed by atoms with van der Waals surface area (Å²) < 4.78 is 17.1. The van der Waals surface area contributed by atoms with Crippen LogP contribution in [0.5, 0.6) is 0 Å². The molecule has 4 amide bonds. The van der Waals surface area contributed by atoms with Gasteiger partial charge in [0.1, 0.15) is 17.7 Å². The van der Waals surface area contributed by atoms with Crippen molar-refractivity contribution >= 4 is 18.0 Å². The van der Waals surface area contributed by atoms with Gasteiger partial charge in [-0.2, -0.15) is 0 Å². The molecule has 2 aliphatic carbocycles. The molecular weight excluding hydrogens is 647 g/mol. The minimum absolute atomic E-state index is 0. The summed E-state index contributed by atoms with van der Waals surface area (Å²) >= 11 is 0. The molecule has 8 rings (SSSR count). The van der Waals surface area contributed by atoms with Crippen molar-refractivity contribution in [2.75, 3.05) is 27.2 Å². The van der Waals surface area contributed by atoms with Crippen LogP contribution in [0.3, 0.4) is 0 Å². The van der Waals surface area contributed by atoms with Crippen LogP contribution in [0.2, 0.25) is 0 Å². The van der Waals surface area contributed by atoms with Gasteiger partial charge in [0, 0.05) is 46.4 Å². The molecule has 2 aromatic rings. The van der Waals surface area contributed by atoms with Gasteiger partial charge in [0.25, 0.3) is 0 Å². The van der Waals surface area contributed by atoms with Crippen molar-refractivity contribution in [3.63, 3.8) is 0 Å². The Labute approximate surface area is 293 Å². The second kappa shape index (κ2) is 13.4. The van der Waals surface area contributed by atoms with Crippen molar-refractivity contribution in [1.82, 2.24) is 40.0 Å². The van der Waals surface area contributed by atoms with Crippen LogP contribution in [-0.4, -0.2) is 103 Å². The van der Waals surface area contributed by atoms with E-state index in [0.29, 0.717) is 53.9 Å². The van der Waals surface area contributed by atoms with Crippen LogP contribution in [0.4, 0.5) is 14.3 Å². The first-order valence-corrected chi connectivity index (χ1v) is 18.3. The Kier molecular flexibility index (Phi) is 9.66. The van der Waals surface area contributed by atoms with Crippen molar-refractivity contribution in [1.29, 1.82) is 0 Å². The molecule has 2 aromatic heterocycles. The number of halogens is 1. The van der Waals surface area contributed by atoms with Crippen molar-refractivity contribution in [3.05, 3.63) is 23.6 Å². The smallest absolute Gasteiger partial charge is 0.320 e. The van der Waals surface area contributed by atoms with E-state index < -0.39 is 5.60 Å². The lowest BCUT2D eigenvalue weighted by Gasteiger charge is -2.35. The molecule has 6 heterocycles. The monoisotopic (exact) mass is 700 g/mol. The number of aromatic nitrogens is 4. The Bertz CT molecular complexity index is 1560. The SMILES string of the molecule is CCCCc1nnc([C@@H]2CC3(CC3)[C@@H]3CN2C(=O)N3C)o1.CN1C(=O)N2C[C@H]1C1(CC1)C[C@H]2c1nnc(CCCCC(=O)OC(C)(C)C)o1.F. The highest BCUT2D eigenvalue weighted by Gasteiger charge is 2.63. The lowest BCUT2D eigenvalue weighted by atomic mass is 9.85.